The maximum absolute atomic E-state index is 11.1. The molecule has 48 heavy (non-hydrogen) atoms. The van der Waals surface area contributed by atoms with Crippen LogP contribution < -0.4 is 88.6 Å². The molecule has 16 nitrogen and oxygen atoms in total. The van der Waals surface area contributed by atoms with E-state index in [9.17, 15) is 49.2 Å². The van der Waals surface area contributed by atoms with E-state index in [1.54, 1.807) is 0 Å². The molecule has 0 amide bonds. The van der Waals surface area contributed by atoms with Crippen molar-refractivity contribution in [3.05, 3.63) is 57.3 Å². The van der Waals surface area contributed by atoms with Crippen LogP contribution >= 0.6 is 0 Å². The van der Waals surface area contributed by atoms with Gasteiger partial charge < -0.3 is 33.1 Å². The third-order valence-corrected chi connectivity index (χ3v) is 8.52. The molecule has 276 valence electrons. The van der Waals surface area contributed by atoms with Crippen molar-refractivity contribution in [2.24, 2.45) is 28.2 Å². The van der Waals surface area contributed by atoms with Gasteiger partial charge in [0.2, 0.25) is 20.8 Å². The Hall–Kier alpha value is -0.564. The molecular formula is C22H41F4IKN8O8S4+. The van der Waals surface area contributed by atoms with Crippen molar-refractivity contribution >= 4 is 41.6 Å². The molecule has 2 N–H and O–H groups in total. The molecule has 3 aromatic rings. The predicted molar refractivity (Wildman–Crippen MR) is 161 cm³/mol. The van der Waals surface area contributed by atoms with Gasteiger partial charge in [-0.2, -0.15) is 16.8 Å². The summed E-state index contributed by atoms with van der Waals surface area (Å²) < 4.78 is 128. The average molecular weight is 916 g/mol. The molecule has 0 aromatic carbocycles. The molecule has 0 spiro atoms. The normalized spacial score (nSPS) is 11.0. The molecule has 0 atom stereocenters. The summed E-state index contributed by atoms with van der Waals surface area (Å²) in [4.78, 5) is 7.19. The smallest absolute Gasteiger partial charge is 1.00 e. The molecule has 0 saturated carbocycles. The minimum atomic E-state index is -5.62. The molecular weight excluding hydrogens is 875 g/mol. The third-order valence-electron chi connectivity index (χ3n) is 5.51. The Kier molecular flexibility index (Phi) is 26.9. The van der Waals surface area contributed by atoms with E-state index in [1.165, 1.54) is 23.0 Å². The van der Waals surface area contributed by atoms with Crippen LogP contribution in [-0.2, 0) is 89.1 Å². The van der Waals surface area contributed by atoms with Gasteiger partial charge in [-0.1, -0.05) is 32.7 Å². The van der Waals surface area contributed by atoms with E-state index in [1.807, 2.05) is 13.1 Å². The van der Waals surface area contributed by atoms with Crippen LogP contribution in [0.5, 0.6) is 0 Å². The number of rotatable bonds is 7. The van der Waals surface area contributed by atoms with Crippen LogP contribution in [0, 0.1) is 20.8 Å². The largest absolute Gasteiger partial charge is 1.00 e. The Balaban J connectivity index is -0.000000250. The minimum absolute atomic E-state index is 0. The van der Waals surface area contributed by atoms with Gasteiger partial charge in [0.1, 0.15) is 29.6 Å². The van der Waals surface area contributed by atoms with E-state index >= 15 is 0 Å². The fourth-order valence-corrected chi connectivity index (χ4v) is 5.41. The summed E-state index contributed by atoms with van der Waals surface area (Å²) in [6, 6.07) is 0. The van der Waals surface area contributed by atoms with Gasteiger partial charge in [-0.25, -0.2) is 40.1 Å². The number of H-pyrrole nitrogens is 1. The maximum atomic E-state index is 11.1. The summed E-state index contributed by atoms with van der Waals surface area (Å²) in [7, 11) is -13.8. The molecule has 0 aliphatic heterocycles. The second-order valence-electron chi connectivity index (χ2n) is 9.14. The average Bonchev–Trinajstić information content (AvgIpc) is 3.45. The molecule has 26 heteroatoms. The van der Waals surface area contributed by atoms with E-state index in [0.717, 1.165) is 34.9 Å². The minimum Gasteiger partial charge on any atom is -1.00 e. The van der Waals surface area contributed by atoms with Gasteiger partial charge in [-0.05, 0) is 6.92 Å². The third kappa shape index (κ3) is 26.3. The zero-order valence-corrected chi connectivity index (χ0v) is 36.9. The van der Waals surface area contributed by atoms with Gasteiger partial charge >= 0.3 is 72.2 Å². The van der Waals surface area contributed by atoms with Gasteiger partial charge in [0, 0.05) is 45.0 Å². The number of aromatic amines is 1. The first-order valence-electron chi connectivity index (χ1n) is 12.9. The van der Waals surface area contributed by atoms with Crippen molar-refractivity contribution in [2.45, 2.75) is 60.8 Å². The van der Waals surface area contributed by atoms with Crippen molar-refractivity contribution in [3.8, 4) is 0 Å². The van der Waals surface area contributed by atoms with E-state index in [-0.39, 0.29) is 79.5 Å². The molecule has 3 aromatic heterocycles. The molecule has 0 aliphatic carbocycles. The first-order chi connectivity index (χ1) is 20.6. The van der Waals surface area contributed by atoms with Crippen molar-refractivity contribution in [1.82, 2.24) is 23.2 Å². The monoisotopic (exact) mass is 915 g/mol. The van der Waals surface area contributed by atoms with E-state index in [4.69, 9.17) is 0 Å². The zero-order chi connectivity index (χ0) is 36.8. The van der Waals surface area contributed by atoms with Crippen LogP contribution in [0.1, 0.15) is 55.3 Å². The Morgan fingerprint density at radius 1 is 0.750 bits per heavy atom. The molecule has 0 radical (unpaired) electrons. The van der Waals surface area contributed by atoms with E-state index in [2.05, 4.69) is 103 Å². The Morgan fingerprint density at radius 3 is 1.17 bits per heavy atom. The van der Waals surface area contributed by atoms with Crippen LogP contribution in [0.15, 0.2) is 18.6 Å². The number of halogens is 5. The Morgan fingerprint density at radius 2 is 1.08 bits per heavy atom. The summed E-state index contributed by atoms with van der Waals surface area (Å²) >= 11 is 0. The summed E-state index contributed by atoms with van der Waals surface area (Å²) in [6.07, 6.45) is 9.34. The number of hydrogen-bond donors (Lipinski definition) is 2. The number of nitrogens with one attached hydrogen (secondary N) is 2. The maximum Gasteiger partial charge on any atom is 1.00 e. The van der Waals surface area contributed by atoms with E-state index in [0.29, 0.717) is 0 Å². The van der Waals surface area contributed by atoms with Crippen LogP contribution in [0.4, 0.5) is 15.5 Å². The standard InChI is InChI=1S/2C8H15N2.C6H10N2.F2HNO4S2.F2NO4S2.HI.K/c2*1-5-8-9(3)6-7(2)10(8)4;1-3-6-7-4-5(2)8-6;2*1-8(4,5)3-9(2,6)7;;/h2*6H,5H2,1-4H3;4H,3H2,1-2H3,(H,7,8);3H;;1H;/q2*+1;;;-1;;+1/p-1. The van der Waals surface area contributed by atoms with Crippen LogP contribution in [0.2, 0.25) is 0 Å². The number of imidazole rings is 3. The molecule has 0 fully saturated rings. The number of aromatic nitrogens is 6. The summed E-state index contributed by atoms with van der Waals surface area (Å²) in [5.41, 5.74) is 3.78. The molecule has 0 bridgehead atoms. The quantitative estimate of drug-likeness (QED) is 0.0770. The second-order valence-corrected chi connectivity index (χ2v) is 13.8. The second kappa shape index (κ2) is 23.8. The summed E-state index contributed by atoms with van der Waals surface area (Å²) in [5.74, 6) is 3.82. The fraction of sp³-hybridized carbons (Fsp3) is 0.591. The van der Waals surface area contributed by atoms with E-state index < -0.39 is 41.6 Å². The van der Waals surface area contributed by atoms with Crippen molar-refractivity contribution < 1.29 is 134 Å². The van der Waals surface area contributed by atoms with Crippen molar-refractivity contribution in [3.63, 3.8) is 0 Å². The van der Waals surface area contributed by atoms with Crippen LogP contribution in [-0.4, -0.2) is 52.8 Å². The molecule has 0 aliphatic rings. The zero-order valence-electron chi connectivity index (χ0n) is 28.3. The Bertz CT molecular complexity index is 1680. The SMILES string of the molecule is CCc1n(C)c(C)c[n+]1C.CCc1n(C)c(C)c[n+]1C.CCc1ncc(C)[nH]1.O=S(=O)(F)NS(=O)(=O)F.O=S(=O)(F)[N-]S(=O)(=O)F.[I-].[K+]. The van der Waals surface area contributed by atoms with Gasteiger partial charge in [-0.3, -0.25) is 0 Å². The topological polar surface area (TPSA) is 209 Å². The summed E-state index contributed by atoms with van der Waals surface area (Å²) in [5, 5.41) is 0. The fourth-order valence-electron chi connectivity index (χ4n) is 3.61. The predicted octanol–water partition coefficient (Wildman–Crippen LogP) is -4.48. The number of hydrogen-bond acceptors (Lipinski definition) is 9. The first-order valence-corrected chi connectivity index (χ1v) is 18.3. The van der Waals surface area contributed by atoms with Crippen LogP contribution in [0.3, 0.4) is 0 Å². The number of aryl methyl sites for hydroxylation is 6. The van der Waals surface area contributed by atoms with Crippen molar-refractivity contribution in [1.29, 1.82) is 0 Å². The van der Waals surface area contributed by atoms with Gasteiger partial charge in [-0.15, -0.1) is 7.77 Å². The van der Waals surface area contributed by atoms with Gasteiger partial charge in [0.25, 0.3) is 11.6 Å². The molecule has 3 rings (SSSR count). The molecule has 0 unspecified atom stereocenters. The Labute approximate surface area is 340 Å². The van der Waals surface area contributed by atoms with Crippen LogP contribution in [0.25, 0.3) is 4.13 Å². The van der Waals surface area contributed by atoms with Gasteiger partial charge in [0.05, 0.1) is 28.2 Å². The first kappa shape index (κ1) is 54.2. The van der Waals surface area contributed by atoms with Gasteiger partial charge in [0.15, 0.2) is 0 Å². The summed E-state index contributed by atoms with van der Waals surface area (Å²) in [6.45, 7) is 12.7. The molecule has 3 heterocycles. The molecule has 0 saturated heterocycles. The van der Waals surface area contributed by atoms with Crippen molar-refractivity contribution in [2.75, 3.05) is 0 Å². The number of nitrogens with zero attached hydrogens (tertiary/aromatic N) is 6.